The van der Waals surface area contributed by atoms with Crippen molar-refractivity contribution in [1.29, 1.82) is 0 Å². The number of aromatic nitrogens is 3. The first kappa shape index (κ1) is 15.4. The van der Waals surface area contributed by atoms with E-state index in [9.17, 15) is 0 Å². The molecule has 2 rings (SSSR count). The van der Waals surface area contributed by atoms with Crippen LogP contribution in [0.2, 0.25) is 0 Å². The minimum atomic E-state index is 0.619. The van der Waals surface area contributed by atoms with Crippen molar-refractivity contribution in [3.05, 3.63) is 46.7 Å². The second-order valence-electron chi connectivity index (χ2n) is 4.96. The summed E-state index contributed by atoms with van der Waals surface area (Å²) < 4.78 is 5.06. The van der Waals surface area contributed by atoms with Crippen molar-refractivity contribution in [3.8, 4) is 5.88 Å². The maximum absolute atomic E-state index is 5.06. The van der Waals surface area contributed by atoms with Gasteiger partial charge in [0.25, 0.3) is 0 Å². The van der Waals surface area contributed by atoms with Crippen LogP contribution in [0.3, 0.4) is 0 Å². The average molecular weight is 286 g/mol. The van der Waals surface area contributed by atoms with Crippen molar-refractivity contribution in [2.24, 2.45) is 0 Å². The molecule has 5 heteroatoms. The summed E-state index contributed by atoms with van der Waals surface area (Å²) in [6, 6.07) is 3.85. The van der Waals surface area contributed by atoms with Crippen molar-refractivity contribution >= 4 is 0 Å². The Morgan fingerprint density at radius 3 is 2.38 bits per heavy atom. The van der Waals surface area contributed by atoms with Crippen LogP contribution < -0.4 is 10.1 Å². The van der Waals surface area contributed by atoms with Gasteiger partial charge in [-0.15, -0.1) is 0 Å². The summed E-state index contributed by atoms with van der Waals surface area (Å²) in [6.07, 6.45) is 2.49. The Labute approximate surface area is 125 Å². The lowest BCUT2D eigenvalue weighted by Crippen LogP contribution is -2.16. The van der Waals surface area contributed by atoms with Crippen molar-refractivity contribution in [1.82, 2.24) is 20.3 Å². The third-order valence-corrected chi connectivity index (χ3v) is 3.39. The van der Waals surface area contributed by atoms with E-state index < -0.39 is 0 Å². The Kier molecular flexibility index (Phi) is 5.22. The molecule has 0 bridgehead atoms. The van der Waals surface area contributed by atoms with E-state index in [1.807, 2.05) is 26.0 Å². The fourth-order valence-corrected chi connectivity index (χ4v) is 2.21. The van der Waals surface area contributed by atoms with Crippen LogP contribution in [-0.2, 0) is 13.0 Å². The van der Waals surface area contributed by atoms with Gasteiger partial charge in [-0.2, -0.15) is 0 Å². The van der Waals surface area contributed by atoms with E-state index in [1.54, 1.807) is 13.3 Å². The van der Waals surface area contributed by atoms with Crippen LogP contribution in [-0.4, -0.2) is 28.6 Å². The standard InChI is InChI=1S/C16H22N4O/c1-5-17-10-14-11(2)19-15(20-12(14)3)8-13-6-7-16(21-4)18-9-13/h6-7,9,17H,5,8,10H2,1-4H3. The maximum atomic E-state index is 5.06. The second kappa shape index (κ2) is 7.13. The zero-order chi connectivity index (χ0) is 15.2. The highest BCUT2D eigenvalue weighted by Gasteiger charge is 2.09. The van der Waals surface area contributed by atoms with E-state index in [2.05, 4.69) is 27.2 Å². The zero-order valence-corrected chi connectivity index (χ0v) is 13.1. The number of hydrogen-bond acceptors (Lipinski definition) is 5. The van der Waals surface area contributed by atoms with Crippen LogP contribution in [0.15, 0.2) is 18.3 Å². The molecule has 0 aromatic carbocycles. The topological polar surface area (TPSA) is 59.9 Å². The molecule has 0 unspecified atom stereocenters. The second-order valence-corrected chi connectivity index (χ2v) is 4.96. The highest BCUT2D eigenvalue weighted by atomic mass is 16.5. The lowest BCUT2D eigenvalue weighted by atomic mass is 10.1. The Bertz CT molecular complexity index is 573. The van der Waals surface area contributed by atoms with E-state index in [4.69, 9.17) is 4.74 Å². The molecular weight excluding hydrogens is 264 g/mol. The van der Waals surface area contributed by atoms with Crippen LogP contribution in [0.1, 0.15) is 35.3 Å². The number of ether oxygens (including phenoxy) is 1. The molecule has 112 valence electrons. The first-order valence-corrected chi connectivity index (χ1v) is 7.16. The van der Waals surface area contributed by atoms with Crippen molar-refractivity contribution in [3.63, 3.8) is 0 Å². The van der Waals surface area contributed by atoms with E-state index >= 15 is 0 Å². The molecule has 0 saturated heterocycles. The minimum absolute atomic E-state index is 0.619. The van der Waals surface area contributed by atoms with Gasteiger partial charge in [-0.05, 0) is 26.0 Å². The highest BCUT2D eigenvalue weighted by molar-refractivity contribution is 5.26. The van der Waals surface area contributed by atoms with Crippen molar-refractivity contribution < 1.29 is 4.74 Å². The summed E-state index contributed by atoms with van der Waals surface area (Å²) >= 11 is 0. The molecule has 0 aliphatic heterocycles. The Morgan fingerprint density at radius 2 is 1.86 bits per heavy atom. The lowest BCUT2D eigenvalue weighted by Gasteiger charge is -2.11. The number of rotatable bonds is 6. The zero-order valence-electron chi connectivity index (χ0n) is 13.1. The molecule has 0 spiro atoms. The monoisotopic (exact) mass is 286 g/mol. The van der Waals surface area contributed by atoms with Gasteiger partial charge in [0, 0.05) is 42.2 Å². The number of aryl methyl sites for hydroxylation is 2. The predicted octanol–water partition coefficient (Wildman–Crippen LogP) is 2.20. The molecule has 0 fully saturated rings. The molecule has 2 aromatic rings. The van der Waals surface area contributed by atoms with Gasteiger partial charge in [-0.25, -0.2) is 15.0 Å². The average Bonchev–Trinajstić information content (AvgIpc) is 2.47. The van der Waals surface area contributed by atoms with Gasteiger partial charge < -0.3 is 10.1 Å². The van der Waals surface area contributed by atoms with Gasteiger partial charge in [0.05, 0.1) is 7.11 Å². The van der Waals surface area contributed by atoms with Crippen LogP contribution in [0.4, 0.5) is 0 Å². The molecule has 0 aliphatic rings. The SMILES string of the molecule is CCNCc1c(C)nc(Cc2ccc(OC)nc2)nc1C. The highest BCUT2D eigenvalue weighted by Crippen LogP contribution is 2.14. The predicted molar refractivity (Wildman–Crippen MR) is 82.5 cm³/mol. The van der Waals surface area contributed by atoms with Crippen LogP contribution >= 0.6 is 0 Å². The summed E-state index contributed by atoms with van der Waals surface area (Å²) in [5.74, 6) is 1.45. The van der Waals surface area contributed by atoms with Crippen molar-refractivity contribution in [2.45, 2.75) is 33.7 Å². The van der Waals surface area contributed by atoms with Crippen LogP contribution in [0.5, 0.6) is 5.88 Å². The van der Waals surface area contributed by atoms with E-state index in [0.717, 1.165) is 35.9 Å². The molecular formula is C16H22N4O. The van der Waals surface area contributed by atoms with Crippen LogP contribution in [0.25, 0.3) is 0 Å². The van der Waals surface area contributed by atoms with Gasteiger partial charge in [0.1, 0.15) is 5.82 Å². The van der Waals surface area contributed by atoms with Gasteiger partial charge in [-0.1, -0.05) is 13.0 Å². The van der Waals surface area contributed by atoms with E-state index in [1.165, 1.54) is 5.56 Å². The van der Waals surface area contributed by atoms with Gasteiger partial charge in [0.2, 0.25) is 5.88 Å². The molecule has 0 radical (unpaired) electrons. The van der Waals surface area contributed by atoms with Crippen molar-refractivity contribution in [2.75, 3.05) is 13.7 Å². The summed E-state index contributed by atoms with van der Waals surface area (Å²) in [5, 5.41) is 3.32. The Morgan fingerprint density at radius 1 is 1.14 bits per heavy atom. The summed E-state index contributed by atoms with van der Waals surface area (Å²) in [6.45, 7) is 7.93. The molecule has 21 heavy (non-hydrogen) atoms. The molecule has 0 saturated carbocycles. The van der Waals surface area contributed by atoms with E-state index in [-0.39, 0.29) is 0 Å². The van der Waals surface area contributed by atoms with Gasteiger partial charge >= 0.3 is 0 Å². The summed E-state index contributed by atoms with van der Waals surface area (Å²) in [5.41, 5.74) is 4.35. The number of methoxy groups -OCH3 is 1. The molecule has 0 atom stereocenters. The summed E-state index contributed by atoms with van der Waals surface area (Å²) in [4.78, 5) is 13.4. The van der Waals surface area contributed by atoms with E-state index in [0.29, 0.717) is 12.3 Å². The number of pyridine rings is 1. The Balaban J connectivity index is 2.16. The molecule has 0 aliphatic carbocycles. The van der Waals surface area contributed by atoms with Gasteiger partial charge in [-0.3, -0.25) is 0 Å². The lowest BCUT2D eigenvalue weighted by molar-refractivity contribution is 0.397. The number of nitrogens with zero attached hydrogens (tertiary/aromatic N) is 3. The molecule has 5 nitrogen and oxygen atoms in total. The quantitative estimate of drug-likeness (QED) is 0.882. The third-order valence-electron chi connectivity index (χ3n) is 3.39. The molecule has 1 N–H and O–H groups in total. The smallest absolute Gasteiger partial charge is 0.212 e. The minimum Gasteiger partial charge on any atom is -0.481 e. The fraction of sp³-hybridized carbons (Fsp3) is 0.438. The maximum Gasteiger partial charge on any atom is 0.212 e. The van der Waals surface area contributed by atoms with Gasteiger partial charge in [0.15, 0.2) is 0 Å². The molecule has 2 heterocycles. The summed E-state index contributed by atoms with van der Waals surface area (Å²) in [7, 11) is 1.61. The number of nitrogens with one attached hydrogen (secondary N) is 1. The molecule has 2 aromatic heterocycles. The first-order valence-electron chi connectivity index (χ1n) is 7.16. The first-order chi connectivity index (χ1) is 10.1. The van der Waals surface area contributed by atoms with Crippen LogP contribution in [0, 0.1) is 13.8 Å². The molecule has 0 amide bonds. The third kappa shape index (κ3) is 3.98. The normalized spacial score (nSPS) is 10.7. The Hall–Kier alpha value is -2.01. The number of hydrogen-bond donors (Lipinski definition) is 1. The largest absolute Gasteiger partial charge is 0.481 e. The fourth-order valence-electron chi connectivity index (χ4n) is 2.21.